The van der Waals surface area contributed by atoms with Crippen molar-refractivity contribution >= 4 is 25.2 Å². The van der Waals surface area contributed by atoms with Gasteiger partial charge in [0.2, 0.25) is 0 Å². The van der Waals surface area contributed by atoms with Crippen LogP contribution >= 0.6 is 13.5 Å². The molecule has 1 aromatic heterocycles. The number of pyridine rings is 1. The van der Waals surface area contributed by atoms with Crippen LogP contribution in [0, 0.1) is 50.8 Å². The Morgan fingerprint density at radius 2 is 1.63 bits per heavy atom. The Balaban J connectivity index is 0.00000576. The van der Waals surface area contributed by atoms with Crippen molar-refractivity contribution in [2.45, 2.75) is 85.6 Å². The van der Waals surface area contributed by atoms with Gasteiger partial charge in [-0.1, -0.05) is 13.8 Å². The molecule has 7 nitrogen and oxygen atoms in total. The van der Waals surface area contributed by atoms with Gasteiger partial charge in [0.05, 0.1) is 24.1 Å². The highest BCUT2D eigenvalue weighted by atomic mass is 32.1. The van der Waals surface area contributed by atoms with Gasteiger partial charge >= 0.3 is 5.97 Å². The van der Waals surface area contributed by atoms with Crippen LogP contribution in [0.3, 0.4) is 0 Å². The van der Waals surface area contributed by atoms with Crippen molar-refractivity contribution in [2.75, 3.05) is 19.6 Å². The average Bonchev–Trinajstić information content (AvgIpc) is 2.92. The maximum atomic E-state index is 15.8. The molecule has 1 unspecified atom stereocenters. The van der Waals surface area contributed by atoms with E-state index < -0.39 is 30.2 Å². The number of hydrogen-bond donors (Lipinski definition) is 1. The Bertz CT molecular complexity index is 1680. The van der Waals surface area contributed by atoms with Gasteiger partial charge in [0.25, 0.3) is 5.56 Å². The summed E-state index contributed by atoms with van der Waals surface area (Å²) in [6, 6.07) is 9.84. The molecule has 1 fully saturated rings. The number of carbonyl (C=O) groups excluding carboxylic acids is 1. The number of carboxylic acid groups (broad SMARTS) is 1. The number of ketones is 1. The summed E-state index contributed by atoms with van der Waals surface area (Å²) in [5, 5.41) is 19.3. The third kappa shape index (κ3) is 8.54. The van der Waals surface area contributed by atoms with Crippen LogP contribution in [-0.2, 0) is 16.0 Å². The molecule has 1 N–H and O–H groups in total. The molecule has 2 heterocycles. The van der Waals surface area contributed by atoms with E-state index in [-0.39, 0.29) is 42.7 Å². The molecule has 1 aliphatic rings. The molecule has 246 valence electrons. The highest BCUT2D eigenvalue weighted by Crippen LogP contribution is 2.37. The van der Waals surface area contributed by atoms with E-state index in [1.165, 1.54) is 11.0 Å². The predicted molar refractivity (Wildman–Crippen MR) is 184 cm³/mol. The van der Waals surface area contributed by atoms with Crippen molar-refractivity contribution in [1.29, 1.82) is 5.26 Å². The van der Waals surface area contributed by atoms with Crippen LogP contribution in [0.4, 0.5) is 4.39 Å². The molecule has 0 bridgehead atoms. The van der Waals surface area contributed by atoms with E-state index in [2.05, 4.69) is 11.0 Å². The van der Waals surface area contributed by atoms with E-state index >= 15 is 4.39 Å². The second kappa shape index (κ2) is 15.7. The fraction of sp³-hybridized carbons (Fsp3) is 0.459. The minimum atomic E-state index is -1.14. The van der Waals surface area contributed by atoms with Gasteiger partial charge in [0.1, 0.15) is 5.82 Å². The van der Waals surface area contributed by atoms with Crippen molar-refractivity contribution in [3.05, 3.63) is 91.6 Å². The van der Waals surface area contributed by atoms with Crippen LogP contribution < -0.4 is 5.56 Å². The molecule has 1 aliphatic heterocycles. The smallest absolute Gasteiger partial charge is 0.303 e. The third-order valence-corrected chi connectivity index (χ3v) is 8.99. The quantitative estimate of drug-likeness (QED) is 0.216. The largest absolute Gasteiger partial charge is 0.481 e. The number of likely N-dealkylation sites (tertiary alicyclic amines) is 1. The number of aliphatic carboxylic acids is 1. The maximum absolute atomic E-state index is 15.8. The molecule has 0 saturated carbocycles. The number of rotatable bonds is 13. The number of benzene rings is 2. The van der Waals surface area contributed by atoms with Crippen molar-refractivity contribution < 1.29 is 19.1 Å². The van der Waals surface area contributed by atoms with Crippen LogP contribution in [0.2, 0.25) is 0 Å². The van der Waals surface area contributed by atoms with Gasteiger partial charge in [-0.25, -0.2) is 4.39 Å². The van der Waals surface area contributed by atoms with E-state index in [1.807, 2.05) is 34.6 Å². The summed E-state index contributed by atoms with van der Waals surface area (Å²) in [4.78, 5) is 41.9. The second-order valence-corrected chi connectivity index (χ2v) is 13.1. The van der Waals surface area contributed by atoms with E-state index in [9.17, 15) is 24.8 Å². The lowest BCUT2D eigenvalue weighted by molar-refractivity contribution is -0.137. The van der Waals surface area contributed by atoms with Crippen LogP contribution in [0.1, 0.15) is 90.4 Å². The summed E-state index contributed by atoms with van der Waals surface area (Å²) < 4.78 is 17.4. The number of halogens is 1. The van der Waals surface area contributed by atoms with Crippen molar-refractivity contribution in [3.63, 3.8) is 0 Å². The summed E-state index contributed by atoms with van der Waals surface area (Å²) in [7, 11) is 0. The first-order valence-electron chi connectivity index (χ1n) is 15.8. The van der Waals surface area contributed by atoms with Crippen LogP contribution in [0.15, 0.2) is 41.3 Å². The number of hydrogen-bond acceptors (Lipinski definition) is 5. The highest BCUT2D eigenvalue weighted by molar-refractivity contribution is 7.59. The minimum absolute atomic E-state index is 0. The fourth-order valence-corrected chi connectivity index (χ4v) is 6.53. The lowest BCUT2D eigenvalue weighted by Gasteiger charge is -2.31. The van der Waals surface area contributed by atoms with Gasteiger partial charge in [-0.2, -0.15) is 18.8 Å². The van der Waals surface area contributed by atoms with E-state index in [0.29, 0.717) is 23.1 Å². The van der Waals surface area contributed by atoms with Crippen LogP contribution in [-0.4, -0.2) is 46.0 Å². The topological polar surface area (TPSA) is 103 Å². The highest BCUT2D eigenvalue weighted by Gasteiger charge is 2.30. The molecule has 3 aromatic rings. The van der Waals surface area contributed by atoms with Gasteiger partial charge in [-0.3, -0.25) is 14.4 Å². The number of aryl methyl sites for hydroxylation is 4. The Hall–Kier alpha value is -3.74. The Morgan fingerprint density at radius 3 is 2.17 bits per heavy atom. The summed E-state index contributed by atoms with van der Waals surface area (Å²) in [5.74, 6) is -2.82. The first-order valence-corrected chi connectivity index (χ1v) is 15.8. The monoisotopic (exact) mass is 647 g/mol. The van der Waals surface area contributed by atoms with Crippen LogP contribution in [0.25, 0.3) is 11.1 Å². The fourth-order valence-electron chi connectivity index (χ4n) is 6.53. The van der Waals surface area contributed by atoms with Gasteiger partial charge < -0.3 is 14.6 Å². The zero-order valence-corrected chi connectivity index (χ0v) is 28.7. The zero-order chi connectivity index (χ0) is 33.0. The summed E-state index contributed by atoms with van der Waals surface area (Å²) in [6.45, 7) is 14.3. The van der Waals surface area contributed by atoms with Crippen LogP contribution in [0.5, 0.6) is 0 Å². The number of nitriles is 1. The first-order chi connectivity index (χ1) is 21.3. The zero-order valence-electron chi connectivity index (χ0n) is 27.7. The van der Waals surface area contributed by atoms with E-state index in [1.54, 1.807) is 43.5 Å². The number of carbonyl (C=O) groups is 2. The van der Waals surface area contributed by atoms with E-state index in [0.717, 1.165) is 53.9 Å². The maximum Gasteiger partial charge on any atom is 0.303 e. The predicted octanol–water partition coefficient (Wildman–Crippen LogP) is 6.93. The van der Waals surface area contributed by atoms with Crippen molar-refractivity contribution in [3.8, 4) is 17.2 Å². The van der Waals surface area contributed by atoms with Gasteiger partial charge in [-0.15, -0.1) is 0 Å². The number of carboxylic acids is 1. The van der Waals surface area contributed by atoms with Crippen molar-refractivity contribution in [2.24, 2.45) is 5.92 Å². The third-order valence-electron chi connectivity index (χ3n) is 8.99. The average molecular weight is 648 g/mol. The van der Waals surface area contributed by atoms with Gasteiger partial charge in [-0.05, 0) is 135 Å². The van der Waals surface area contributed by atoms with E-state index in [4.69, 9.17) is 0 Å². The molecule has 4 rings (SSSR count). The normalized spacial score (nSPS) is 14.2. The molecule has 0 aliphatic carbocycles. The SMILES string of the molecule is Cc1cc(=O)n(C(CC(C)C)C(=O)C[C@@H](CC(=O)O)c2cc(-c3c(C)cc(C#N)cc3C)cc(C)c2F)cc1CCN1CCC1.S. The number of aromatic nitrogens is 1. The molecular weight excluding hydrogens is 601 g/mol. The molecule has 1 saturated heterocycles. The summed E-state index contributed by atoms with van der Waals surface area (Å²) >= 11 is 0. The van der Waals surface area contributed by atoms with Crippen molar-refractivity contribution in [1.82, 2.24) is 9.47 Å². The lowest BCUT2D eigenvalue weighted by atomic mass is 9.83. The molecule has 0 radical (unpaired) electrons. The number of Topliss-reactive ketones (excluding diaryl/α,β-unsaturated/α-hetero) is 1. The summed E-state index contributed by atoms with van der Waals surface area (Å²) in [6.07, 6.45) is 3.50. The molecule has 9 heteroatoms. The Kier molecular flexibility index (Phi) is 12.5. The molecule has 46 heavy (non-hydrogen) atoms. The number of nitrogens with zero attached hydrogens (tertiary/aromatic N) is 3. The van der Waals surface area contributed by atoms with Gasteiger partial charge in [0, 0.05) is 31.1 Å². The molecule has 2 aromatic carbocycles. The molecule has 0 spiro atoms. The standard InChI is InChI=1S/C37H44FN3O4.H2S/c1-22(2)12-32(41-21-28(23(3)16-34(41)43)8-11-40-9-7-10-40)33(42)18-29(19-35(44)45)31-17-30(15-26(6)37(31)38)36-24(4)13-27(20-39)14-25(36)5;/h13-17,21-22,29,32H,7-12,18-19H2,1-6H3,(H,44,45);1H2/t29-,32?;/m0./s1. The molecular formula is C37H46FN3O4S. The minimum Gasteiger partial charge on any atom is -0.481 e. The Labute approximate surface area is 278 Å². The summed E-state index contributed by atoms with van der Waals surface area (Å²) in [5.41, 5.74) is 5.88. The molecule has 0 amide bonds. The first kappa shape index (κ1) is 36.7. The second-order valence-electron chi connectivity index (χ2n) is 13.1. The lowest BCUT2D eigenvalue weighted by Crippen LogP contribution is -2.38. The molecule has 2 atom stereocenters. The van der Waals surface area contributed by atoms with Gasteiger partial charge in [0.15, 0.2) is 5.78 Å². The Morgan fingerprint density at radius 1 is 0.978 bits per heavy atom.